The number of pyridine rings is 1. The van der Waals surface area contributed by atoms with E-state index in [0.29, 0.717) is 33.3 Å². The van der Waals surface area contributed by atoms with Crippen LogP contribution in [0.15, 0.2) is 60.8 Å². The Balaban J connectivity index is 1.56. The molecule has 0 aliphatic rings. The molecule has 0 aliphatic heterocycles. The summed E-state index contributed by atoms with van der Waals surface area (Å²) in [5.41, 5.74) is 2.33. The van der Waals surface area contributed by atoms with Gasteiger partial charge in [-0.3, -0.25) is 14.2 Å². The summed E-state index contributed by atoms with van der Waals surface area (Å²) in [6, 6.07) is 17.0. The molecule has 0 spiro atoms. The summed E-state index contributed by atoms with van der Waals surface area (Å²) < 4.78 is 45.0. The van der Waals surface area contributed by atoms with Crippen molar-refractivity contribution in [1.82, 2.24) is 24.5 Å². The molecule has 1 amide bonds. The number of benzene rings is 2. The summed E-state index contributed by atoms with van der Waals surface area (Å²) in [7, 11) is 1.78. The number of alkyl halides is 3. The van der Waals surface area contributed by atoms with Gasteiger partial charge in [0.05, 0.1) is 52.5 Å². The standard InChI is InChI=1S/C28H22F3N7O/c1-16-22(14-33-37(16)3)24-12-21(20-6-4-5-7-23(20)34-24)27(39)35-25-17(2)38(36-26(25)28(29,30)31)15-19-10-8-18(13-32)9-11-19/h4-12,14H,15H2,1-3H3,(H,35,39). The van der Waals surface area contributed by atoms with E-state index in [1.165, 1.54) is 11.6 Å². The highest BCUT2D eigenvalue weighted by Crippen LogP contribution is 2.37. The Bertz CT molecular complexity index is 1760. The molecule has 3 aromatic heterocycles. The minimum Gasteiger partial charge on any atom is -0.319 e. The van der Waals surface area contributed by atoms with Gasteiger partial charge in [0.1, 0.15) is 0 Å². The van der Waals surface area contributed by atoms with Gasteiger partial charge in [-0.05, 0) is 43.7 Å². The summed E-state index contributed by atoms with van der Waals surface area (Å²) in [5.74, 6) is -0.720. The Kier molecular flexibility index (Phi) is 6.39. The predicted molar refractivity (Wildman–Crippen MR) is 139 cm³/mol. The molecule has 0 saturated heterocycles. The Hall–Kier alpha value is -4.98. The molecule has 8 nitrogen and oxygen atoms in total. The van der Waals surface area contributed by atoms with Crippen LogP contribution in [0.2, 0.25) is 0 Å². The van der Waals surface area contributed by atoms with Crippen molar-refractivity contribution in [3.63, 3.8) is 0 Å². The maximum absolute atomic E-state index is 14.0. The number of fused-ring (bicyclic) bond motifs is 1. The van der Waals surface area contributed by atoms with Gasteiger partial charge in [-0.1, -0.05) is 30.3 Å². The molecule has 0 atom stereocenters. The SMILES string of the molecule is Cc1c(-c2cc(C(=O)Nc3c(C(F)(F)F)nn(Cc4ccc(C#N)cc4)c3C)c3ccccc3n2)cnn1C. The molecule has 196 valence electrons. The van der Waals surface area contributed by atoms with Crippen molar-refractivity contribution in [2.75, 3.05) is 5.32 Å². The minimum atomic E-state index is -4.80. The quantitative estimate of drug-likeness (QED) is 0.318. The molecule has 3 heterocycles. The smallest absolute Gasteiger partial charge is 0.319 e. The topological polar surface area (TPSA) is 101 Å². The van der Waals surface area contributed by atoms with Crippen LogP contribution < -0.4 is 5.32 Å². The highest BCUT2D eigenvalue weighted by atomic mass is 19.4. The number of nitrogens with zero attached hydrogens (tertiary/aromatic N) is 6. The fraction of sp³-hybridized carbons (Fsp3) is 0.179. The summed E-state index contributed by atoms with van der Waals surface area (Å²) >= 11 is 0. The summed E-state index contributed by atoms with van der Waals surface area (Å²) in [4.78, 5) is 18.2. The molecule has 5 rings (SSSR count). The molecule has 0 unspecified atom stereocenters. The lowest BCUT2D eigenvalue weighted by molar-refractivity contribution is -0.140. The number of nitrogens with one attached hydrogen (secondary N) is 1. The lowest BCUT2D eigenvalue weighted by atomic mass is 10.0. The van der Waals surface area contributed by atoms with E-state index >= 15 is 0 Å². The van der Waals surface area contributed by atoms with Gasteiger partial charge in [-0.15, -0.1) is 0 Å². The Morgan fingerprint density at radius 3 is 2.44 bits per heavy atom. The second kappa shape index (κ2) is 9.72. The number of hydrogen-bond acceptors (Lipinski definition) is 5. The summed E-state index contributed by atoms with van der Waals surface area (Å²) in [5, 5.41) is 20.0. The third-order valence-electron chi connectivity index (χ3n) is 6.60. The normalized spacial score (nSPS) is 11.5. The number of nitriles is 1. The predicted octanol–water partition coefficient (Wildman–Crippen LogP) is 5.64. The van der Waals surface area contributed by atoms with Crippen LogP contribution in [0, 0.1) is 25.2 Å². The number of aryl methyl sites for hydroxylation is 1. The van der Waals surface area contributed by atoms with E-state index in [1.807, 2.05) is 13.0 Å². The third kappa shape index (κ3) is 4.84. The van der Waals surface area contributed by atoms with Crippen molar-refractivity contribution in [3.8, 4) is 17.3 Å². The average molecular weight is 530 g/mol. The number of para-hydroxylation sites is 1. The van der Waals surface area contributed by atoms with E-state index in [4.69, 9.17) is 5.26 Å². The van der Waals surface area contributed by atoms with E-state index in [-0.39, 0.29) is 17.8 Å². The number of amides is 1. The zero-order valence-electron chi connectivity index (χ0n) is 21.2. The van der Waals surface area contributed by atoms with Gasteiger partial charge in [0.15, 0.2) is 5.69 Å². The first-order valence-corrected chi connectivity index (χ1v) is 11.9. The minimum absolute atomic E-state index is 0.0269. The van der Waals surface area contributed by atoms with Crippen molar-refractivity contribution in [3.05, 3.63) is 94.6 Å². The van der Waals surface area contributed by atoms with E-state index < -0.39 is 23.5 Å². The van der Waals surface area contributed by atoms with Gasteiger partial charge in [-0.2, -0.15) is 28.6 Å². The van der Waals surface area contributed by atoms with E-state index in [0.717, 1.165) is 5.69 Å². The Morgan fingerprint density at radius 1 is 1.08 bits per heavy atom. The van der Waals surface area contributed by atoms with Crippen LogP contribution in [0.5, 0.6) is 0 Å². The van der Waals surface area contributed by atoms with Gasteiger partial charge < -0.3 is 5.32 Å². The van der Waals surface area contributed by atoms with E-state index in [1.54, 1.807) is 72.5 Å². The number of carbonyl (C=O) groups excluding carboxylic acids is 1. The lowest BCUT2D eigenvalue weighted by Gasteiger charge is -2.12. The van der Waals surface area contributed by atoms with Gasteiger partial charge >= 0.3 is 6.18 Å². The highest BCUT2D eigenvalue weighted by Gasteiger charge is 2.39. The van der Waals surface area contributed by atoms with Crippen LogP contribution in [0.3, 0.4) is 0 Å². The molecule has 0 radical (unpaired) electrons. The highest BCUT2D eigenvalue weighted by molar-refractivity contribution is 6.13. The van der Waals surface area contributed by atoms with Crippen LogP contribution in [0.25, 0.3) is 22.2 Å². The van der Waals surface area contributed by atoms with Crippen molar-refractivity contribution in [2.24, 2.45) is 7.05 Å². The fourth-order valence-corrected chi connectivity index (χ4v) is 4.34. The van der Waals surface area contributed by atoms with Crippen LogP contribution in [-0.4, -0.2) is 30.5 Å². The van der Waals surface area contributed by atoms with Gasteiger partial charge in [0.2, 0.25) is 0 Å². The number of rotatable bonds is 5. The Labute approximate surface area is 221 Å². The monoisotopic (exact) mass is 529 g/mol. The second-order valence-corrected chi connectivity index (χ2v) is 9.07. The number of halogens is 3. The Morgan fingerprint density at radius 2 is 1.79 bits per heavy atom. The van der Waals surface area contributed by atoms with Crippen LogP contribution in [0.1, 0.15) is 38.6 Å². The van der Waals surface area contributed by atoms with Crippen LogP contribution >= 0.6 is 0 Å². The molecular formula is C28H22F3N7O. The number of hydrogen-bond donors (Lipinski definition) is 1. The number of aromatic nitrogens is 5. The first-order valence-electron chi connectivity index (χ1n) is 11.9. The summed E-state index contributed by atoms with van der Waals surface area (Å²) in [6.07, 6.45) is -3.17. The third-order valence-corrected chi connectivity index (χ3v) is 6.60. The van der Waals surface area contributed by atoms with E-state index in [2.05, 4.69) is 20.5 Å². The summed E-state index contributed by atoms with van der Waals surface area (Å²) in [6.45, 7) is 3.36. The van der Waals surface area contributed by atoms with Crippen molar-refractivity contribution >= 4 is 22.5 Å². The van der Waals surface area contributed by atoms with Crippen molar-refractivity contribution in [2.45, 2.75) is 26.6 Å². The molecule has 2 aromatic carbocycles. The molecule has 39 heavy (non-hydrogen) atoms. The molecule has 1 N–H and O–H groups in total. The molecule has 5 aromatic rings. The molecule has 0 saturated carbocycles. The maximum Gasteiger partial charge on any atom is 0.437 e. The van der Waals surface area contributed by atoms with Crippen molar-refractivity contribution in [1.29, 1.82) is 5.26 Å². The fourth-order valence-electron chi connectivity index (χ4n) is 4.34. The first kappa shape index (κ1) is 25.7. The molecule has 0 fully saturated rings. The average Bonchev–Trinajstić information content (AvgIpc) is 3.42. The van der Waals surface area contributed by atoms with Gasteiger partial charge in [0, 0.05) is 23.7 Å². The maximum atomic E-state index is 14.0. The van der Waals surface area contributed by atoms with Crippen LogP contribution in [0.4, 0.5) is 18.9 Å². The zero-order valence-corrected chi connectivity index (χ0v) is 21.2. The molecular weight excluding hydrogens is 507 g/mol. The van der Waals surface area contributed by atoms with Crippen LogP contribution in [-0.2, 0) is 19.8 Å². The lowest BCUT2D eigenvalue weighted by Crippen LogP contribution is -2.17. The van der Waals surface area contributed by atoms with E-state index in [9.17, 15) is 18.0 Å². The first-order chi connectivity index (χ1) is 18.6. The second-order valence-electron chi connectivity index (χ2n) is 9.07. The van der Waals surface area contributed by atoms with Gasteiger partial charge in [-0.25, -0.2) is 4.98 Å². The molecule has 0 bridgehead atoms. The van der Waals surface area contributed by atoms with Crippen molar-refractivity contribution < 1.29 is 18.0 Å². The number of anilines is 1. The molecule has 0 aliphatic carbocycles. The largest absolute Gasteiger partial charge is 0.437 e. The zero-order chi connectivity index (χ0) is 27.9. The molecule has 11 heteroatoms. The van der Waals surface area contributed by atoms with Gasteiger partial charge in [0.25, 0.3) is 5.91 Å². The number of carbonyl (C=O) groups is 1.